The molecule has 0 radical (unpaired) electrons. The van der Waals surface area contributed by atoms with Gasteiger partial charge in [0.05, 0.1) is 17.1 Å². The molecule has 0 fully saturated rings. The number of rotatable bonds is 3. The highest BCUT2D eigenvalue weighted by molar-refractivity contribution is 7.89. The maximum absolute atomic E-state index is 13.1. The summed E-state index contributed by atoms with van der Waals surface area (Å²) in [7, 11) is -2.37. The fourth-order valence-corrected chi connectivity index (χ4v) is 2.65. The Hall–Kier alpha value is -1.58. The average molecular weight is 256 g/mol. The minimum atomic E-state index is -3.73. The summed E-state index contributed by atoms with van der Waals surface area (Å²) in [6.45, 7) is 1.44. The molecule has 0 aromatic heterocycles. The summed E-state index contributed by atoms with van der Waals surface area (Å²) in [4.78, 5) is -0.0332. The molecule has 92 valence electrons. The van der Waals surface area contributed by atoms with Crippen molar-refractivity contribution in [3.8, 4) is 12.3 Å². The first kappa shape index (κ1) is 13.5. The molecule has 17 heavy (non-hydrogen) atoms. The largest absolute Gasteiger partial charge is 0.396 e. The lowest BCUT2D eigenvalue weighted by Crippen LogP contribution is -2.28. The Labute approximate surface area is 100 Å². The first-order valence-electron chi connectivity index (χ1n) is 4.76. The molecule has 1 rings (SSSR count). The molecule has 0 aliphatic heterocycles. The van der Waals surface area contributed by atoms with Gasteiger partial charge in [0.15, 0.2) is 0 Å². The van der Waals surface area contributed by atoms with Crippen molar-refractivity contribution in [2.24, 2.45) is 0 Å². The number of nitrogens with two attached hydrogens (primary N) is 1. The van der Waals surface area contributed by atoms with Gasteiger partial charge in [-0.25, -0.2) is 12.8 Å². The summed E-state index contributed by atoms with van der Waals surface area (Å²) in [6.07, 6.45) is 5.06. The highest BCUT2D eigenvalue weighted by atomic mass is 32.2. The molecule has 0 aliphatic rings. The van der Waals surface area contributed by atoms with Crippen LogP contribution in [-0.2, 0) is 10.0 Å². The molecule has 0 aliphatic carbocycles. The number of halogens is 1. The standard InChI is InChI=1S/C11H13FN2O2S/c1-4-5-14(3)17(15,16)11-7-10(13)9(12)6-8(11)2/h1,6-7H,5,13H2,2-3H3. The van der Waals surface area contributed by atoms with Gasteiger partial charge < -0.3 is 5.73 Å². The number of nitrogens with zero attached hydrogens (tertiary/aromatic N) is 1. The van der Waals surface area contributed by atoms with E-state index in [1.54, 1.807) is 0 Å². The third-order valence-corrected chi connectivity index (χ3v) is 4.24. The normalized spacial score (nSPS) is 11.5. The van der Waals surface area contributed by atoms with Gasteiger partial charge in [-0.1, -0.05) is 5.92 Å². The number of aryl methyl sites for hydroxylation is 1. The van der Waals surface area contributed by atoms with E-state index in [4.69, 9.17) is 12.2 Å². The highest BCUT2D eigenvalue weighted by Gasteiger charge is 2.23. The number of terminal acetylenes is 1. The van der Waals surface area contributed by atoms with Crippen molar-refractivity contribution in [1.29, 1.82) is 0 Å². The lowest BCUT2D eigenvalue weighted by molar-refractivity contribution is 0.502. The minimum Gasteiger partial charge on any atom is -0.396 e. The van der Waals surface area contributed by atoms with Crippen molar-refractivity contribution in [2.45, 2.75) is 11.8 Å². The quantitative estimate of drug-likeness (QED) is 0.647. The zero-order valence-corrected chi connectivity index (χ0v) is 10.4. The molecule has 0 atom stereocenters. The fourth-order valence-electron chi connectivity index (χ4n) is 1.33. The molecule has 0 heterocycles. The molecule has 0 unspecified atom stereocenters. The number of hydrogen-bond acceptors (Lipinski definition) is 3. The van der Waals surface area contributed by atoms with Crippen molar-refractivity contribution < 1.29 is 12.8 Å². The molecule has 4 nitrogen and oxygen atoms in total. The van der Waals surface area contributed by atoms with Crippen LogP contribution in [0.1, 0.15) is 5.56 Å². The van der Waals surface area contributed by atoms with E-state index in [1.807, 2.05) is 0 Å². The fraction of sp³-hybridized carbons (Fsp3) is 0.273. The third kappa shape index (κ3) is 2.57. The van der Waals surface area contributed by atoms with Crippen molar-refractivity contribution in [2.75, 3.05) is 19.3 Å². The van der Waals surface area contributed by atoms with Gasteiger partial charge in [-0.05, 0) is 24.6 Å². The molecule has 6 heteroatoms. The Kier molecular flexibility index (Phi) is 3.76. The Balaban J connectivity index is 3.35. The molecule has 2 N–H and O–H groups in total. The van der Waals surface area contributed by atoms with Gasteiger partial charge in [-0.3, -0.25) is 0 Å². The summed E-state index contributed by atoms with van der Waals surface area (Å²) < 4.78 is 38.3. The summed E-state index contributed by atoms with van der Waals surface area (Å²) >= 11 is 0. The van der Waals surface area contributed by atoms with Crippen LogP contribution in [0, 0.1) is 25.1 Å². The zero-order chi connectivity index (χ0) is 13.2. The molecule has 1 aromatic rings. The molecule has 0 spiro atoms. The molecular formula is C11H13FN2O2S. The van der Waals surface area contributed by atoms with Gasteiger partial charge >= 0.3 is 0 Å². The monoisotopic (exact) mass is 256 g/mol. The second-order valence-electron chi connectivity index (χ2n) is 3.60. The third-order valence-electron chi connectivity index (χ3n) is 2.30. The second-order valence-corrected chi connectivity index (χ2v) is 5.62. The van der Waals surface area contributed by atoms with E-state index in [0.717, 1.165) is 16.4 Å². The van der Waals surface area contributed by atoms with E-state index in [0.29, 0.717) is 5.56 Å². The van der Waals surface area contributed by atoms with Crippen LogP contribution in [0.5, 0.6) is 0 Å². The summed E-state index contributed by atoms with van der Waals surface area (Å²) in [5.74, 6) is 1.59. The molecule has 0 saturated carbocycles. The molecular weight excluding hydrogens is 243 g/mol. The first-order valence-corrected chi connectivity index (χ1v) is 6.20. The molecule has 1 aromatic carbocycles. The van der Waals surface area contributed by atoms with Crippen LogP contribution in [0.4, 0.5) is 10.1 Å². The van der Waals surface area contributed by atoms with E-state index >= 15 is 0 Å². The predicted molar refractivity (Wildman–Crippen MR) is 64.2 cm³/mol. The van der Waals surface area contributed by atoms with Gasteiger partial charge in [-0.2, -0.15) is 4.31 Å². The van der Waals surface area contributed by atoms with Gasteiger partial charge in [0.1, 0.15) is 5.82 Å². The maximum atomic E-state index is 13.1. The number of anilines is 1. The van der Waals surface area contributed by atoms with E-state index < -0.39 is 15.8 Å². The van der Waals surface area contributed by atoms with E-state index in [9.17, 15) is 12.8 Å². The Morgan fingerprint density at radius 3 is 2.65 bits per heavy atom. The Morgan fingerprint density at radius 2 is 2.12 bits per heavy atom. The van der Waals surface area contributed by atoms with Crippen LogP contribution in [0.2, 0.25) is 0 Å². The van der Waals surface area contributed by atoms with Crippen molar-refractivity contribution >= 4 is 15.7 Å². The van der Waals surface area contributed by atoms with E-state index in [1.165, 1.54) is 14.0 Å². The maximum Gasteiger partial charge on any atom is 0.244 e. The van der Waals surface area contributed by atoms with Crippen LogP contribution < -0.4 is 5.73 Å². The predicted octanol–water partition coefficient (Wildman–Crippen LogP) is 0.970. The molecule has 0 bridgehead atoms. The van der Waals surface area contributed by atoms with E-state index in [-0.39, 0.29) is 17.1 Å². The van der Waals surface area contributed by atoms with Crippen LogP contribution in [-0.4, -0.2) is 26.3 Å². The number of benzene rings is 1. The average Bonchev–Trinajstić information content (AvgIpc) is 2.23. The van der Waals surface area contributed by atoms with Gasteiger partial charge in [0, 0.05) is 7.05 Å². The van der Waals surface area contributed by atoms with Crippen LogP contribution in [0.3, 0.4) is 0 Å². The lowest BCUT2D eigenvalue weighted by atomic mass is 10.2. The van der Waals surface area contributed by atoms with Crippen molar-refractivity contribution in [1.82, 2.24) is 4.31 Å². The van der Waals surface area contributed by atoms with E-state index in [2.05, 4.69) is 5.92 Å². The molecule has 0 saturated heterocycles. The SMILES string of the molecule is C#CCN(C)S(=O)(=O)c1cc(N)c(F)cc1C. The Bertz CT molecular complexity index is 576. The number of hydrogen-bond donors (Lipinski definition) is 1. The topological polar surface area (TPSA) is 63.4 Å². The Morgan fingerprint density at radius 1 is 1.53 bits per heavy atom. The minimum absolute atomic E-state index is 0.0332. The number of nitrogen functional groups attached to an aromatic ring is 1. The van der Waals surface area contributed by atoms with Gasteiger partial charge in [0.2, 0.25) is 10.0 Å². The van der Waals surface area contributed by atoms with Crippen LogP contribution >= 0.6 is 0 Å². The smallest absolute Gasteiger partial charge is 0.244 e. The number of sulfonamides is 1. The highest BCUT2D eigenvalue weighted by Crippen LogP contribution is 2.23. The van der Waals surface area contributed by atoms with Gasteiger partial charge in [-0.15, -0.1) is 6.42 Å². The zero-order valence-electron chi connectivity index (χ0n) is 9.57. The van der Waals surface area contributed by atoms with Crippen molar-refractivity contribution in [3.63, 3.8) is 0 Å². The summed E-state index contributed by atoms with van der Waals surface area (Å²) in [6, 6.07) is 2.19. The second kappa shape index (κ2) is 4.73. The van der Waals surface area contributed by atoms with Crippen LogP contribution in [0.15, 0.2) is 17.0 Å². The summed E-state index contributed by atoms with van der Waals surface area (Å²) in [5.41, 5.74) is 5.45. The molecule has 0 amide bonds. The summed E-state index contributed by atoms with van der Waals surface area (Å²) in [5, 5.41) is 0. The van der Waals surface area contributed by atoms with Crippen molar-refractivity contribution in [3.05, 3.63) is 23.5 Å². The lowest BCUT2D eigenvalue weighted by Gasteiger charge is -2.16. The van der Waals surface area contributed by atoms with Gasteiger partial charge in [0.25, 0.3) is 0 Å². The van der Waals surface area contributed by atoms with Crippen LogP contribution in [0.25, 0.3) is 0 Å². The first-order chi connectivity index (χ1) is 7.80.